The molecule has 1 saturated heterocycles. The topological polar surface area (TPSA) is 130 Å². The summed E-state index contributed by atoms with van der Waals surface area (Å²) in [7, 11) is 0. The lowest BCUT2D eigenvalue weighted by Gasteiger charge is -2.25. The van der Waals surface area contributed by atoms with Gasteiger partial charge in [0.1, 0.15) is 11.6 Å². The summed E-state index contributed by atoms with van der Waals surface area (Å²) in [5.41, 5.74) is 0.0965. The summed E-state index contributed by atoms with van der Waals surface area (Å²) in [4.78, 5) is 36.9. The molecule has 2 aromatic rings. The van der Waals surface area contributed by atoms with Crippen LogP contribution in [-0.4, -0.2) is 58.1 Å². The van der Waals surface area contributed by atoms with Gasteiger partial charge in [-0.1, -0.05) is 12.1 Å². The molecule has 0 aliphatic carbocycles. The first-order valence-electron chi connectivity index (χ1n) is 9.32. The minimum atomic E-state index is -1.01. The van der Waals surface area contributed by atoms with Gasteiger partial charge in [0.15, 0.2) is 0 Å². The van der Waals surface area contributed by atoms with Crippen molar-refractivity contribution in [3.05, 3.63) is 81.2 Å². The number of nitro groups is 1. The lowest BCUT2D eigenvalue weighted by Crippen LogP contribution is -2.33. The second kappa shape index (κ2) is 9.45. The predicted molar refractivity (Wildman–Crippen MR) is 106 cm³/mol. The molecule has 9 nitrogen and oxygen atoms in total. The molecule has 0 saturated carbocycles. The van der Waals surface area contributed by atoms with Gasteiger partial charge in [-0.3, -0.25) is 19.7 Å². The van der Waals surface area contributed by atoms with Gasteiger partial charge in [0.25, 0.3) is 17.4 Å². The van der Waals surface area contributed by atoms with Crippen LogP contribution in [-0.2, 0) is 14.3 Å². The highest BCUT2D eigenvalue weighted by molar-refractivity contribution is 6.46. The van der Waals surface area contributed by atoms with Crippen LogP contribution in [0.5, 0.6) is 0 Å². The summed E-state index contributed by atoms with van der Waals surface area (Å²) in [5, 5.41) is 30.5. The number of likely N-dealkylation sites (tertiary alicyclic amines) is 1. The molecule has 3 rings (SSSR count). The van der Waals surface area contributed by atoms with Gasteiger partial charge < -0.3 is 19.8 Å². The molecule has 1 amide bonds. The molecule has 1 atom stereocenters. The maximum atomic E-state index is 13.4. The maximum absolute atomic E-state index is 13.4. The standard InChI is InChI=1S/C21H19FN2O7/c22-15-5-1-13(2-6-15)18-17(19(26)14-3-7-16(8-4-14)24(29)30)20(27)21(28)23(18)9-11-31-12-10-25/h1-8,18,25-26H,9-12H2/t18-/m1/s1. The third-order valence-electron chi connectivity index (χ3n) is 4.79. The van der Waals surface area contributed by atoms with E-state index in [2.05, 4.69) is 0 Å². The Bertz CT molecular complexity index is 1020. The molecule has 1 aliphatic rings. The van der Waals surface area contributed by atoms with E-state index in [0.29, 0.717) is 5.56 Å². The number of hydrogen-bond donors (Lipinski definition) is 2. The smallest absolute Gasteiger partial charge is 0.295 e. The Labute approximate surface area is 176 Å². The SMILES string of the molecule is O=C1C(=O)N(CCOCCO)[C@H](c2ccc(F)cc2)C1=C(O)c1ccc([N+](=O)[O-])cc1. The number of ether oxygens (including phenoxy) is 1. The number of nitrogens with zero attached hydrogens (tertiary/aromatic N) is 2. The monoisotopic (exact) mass is 430 g/mol. The van der Waals surface area contributed by atoms with E-state index in [0.717, 1.165) is 0 Å². The minimum absolute atomic E-state index is 0.0103. The van der Waals surface area contributed by atoms with E-state index in [1.54, 1.807) is 0 Å². The predicted octanol–water partition coefficient (Wildman–Crippen LogP) is 2.16. The van der Waals surface area contributed by atoms with E-state index >= 15 is 0 Å². The number of aliphatic hydroxyl groups excluding tert-OH is 2. The zero-order chi connectivity index (χ0) is 22.5. The second-order valence-electron chi connectivity index (χ2n) is 6.68. The summed E-state index contributed by atoms with van der Waals surface area (Å²) in [6.45, 7) is -0.138. The van der Waals surface area contributed by atoms with E-state index in [1.165, 1.54) is 53.4 Å². The molecule has 2 N–H and O–H groups in total. The first kappa shape index (κ1) is 22.1. The highest BCUT2D eigenvalue weighted by Crippen LogP contribution is 2.39. The molecule has 1 heterocycles. The average Bonchev–Trinajstić information content (AvgIpc) is 3.01. The van der Waals surface area contributed by atoms with Crippen LogP contribution in [0.1, 0.15) is 17.2 Å². The number of hydrogen-bond acceptors (Lipinski definition) is 7. The van der Waals surface area contributed by atoms with Crippen molar-refractivity contribution in [3.63, 3.8) is 0 Å². The van der Waals surface area contributed by atoms with Gasteiger partial charge in [0, 0.05) is 24.2 Å². The van der Waals surface area contributed by atoms with Crippen molar-refractivity contribution in [2.75, 3.05) is 26.4 Å². The molecule has 31 heavy (non-hydrogen) atoms. The maximum Gasteiger partial charge on any atom is 0.295 e. The van der Waals surface area contributed by atoms with Crippen molar-refractivity contribution >= 4 is 23.1 Å². The fraction of sp³-hybridized carbons (Fsp3) is 0.238. The third-order valence-corrected chi connectivity index (χ3v) is 4.79. The Balaban J connectivity index is 2.05. The number of halogens is 1. The molecular formula is C21H19FN2O7. The fourth-order valence-corrected chi connectivity index (χ4v) is 3.33. The molecule has 0 radical (unpaired) electrons. The molecular weight excluding hydrogens is 411 g/mol. The number of rotatable bonds is 8. The highest BCUT2D eigenvalue weighted by Gasteiger charge is 2.45. The molecule has 10 heteroatoms. The lowest BCUT2D eigenvalue weighted by molar-refractivity contribution is -0.384. The second-order valence-corrected chi connectivity index (χ2v) is 6.68. The Kier molecular flexibility index (Phi) is 6.73. The van der Waals surface area contributed by atoms with Crippen LogP contribution in [0.25, 0.3) is 5.76 Å². The van der Waals surface area contributed by atoms with Crippen molar-refractivity contribution in [2.45, 2.75) is 6.04 Å². The van der Waals surface area contributed by atoms with E-state index in [9.17, 15) is 29.2 Å². The molecule has 0 spiro atoms. The number of benzene rings is 2. The first-order valence-corrected chi connectivity index (χ1v) is 9.32. The van der Waals surface area contributed by atoms with Gasteiger partial charge in [-0.15, -0.1) is 0 Å². The number of ketones is 1. The van der Waals surface area contributed by atoms with Gasteiger partial charge in [-0.25, -0.2) is 4.39 Å². The Hall–Kier alpha value is -3.63. The summed E-state index contributed by atoms with van der Waals surface area (Å²) >= 11 is 0. The number of non-ortho nitro benzene ring substituents is 1. The van der Waals surface area contributed by atoms with Crippen LogP contribution >= 0.6 is 0 Å². The number of carbonyl (C=O) groups excluding carboxylic acids is 2. The normalized spacial score (nSPS) is 17.9. The van der Waals surface area contributed by atoms with Gasteiger partial charge in [-0.05, 0) is 29.8 Å². The summed E-state index contributed by atoms with van der Waals surface area (Å²) in [6, 6.07) is 9.01. The Morgan fingerprint density at radius 2 is 1.74 bits per heavy atom. The number of nitro benzene ring substituents is 1. The molecule has 2 aromatic carbocycles. The largest absolute Gasteiger partial charge is 0.507 e. The van der Waals surface area contributed by atoms with E-state index in [-0.39, 0.29) is 43.2 Å². The Morgan fingerprint density at radius 1 is 1.10 bits per heavy atom. The molecule has 0 aromatic heterocycles. The summed E-state index contributed by atoms with van der Waals surface area (Å²) in [5.74, 6) is -2.82. The van der Waals surface area contributed by atoms with Gasteiger partial charge in [0.05, 0.1) is 36.4 Å². The molecule has 162 valence electrons. The van der Waals surface area contributed by atoms with E-state index in [1.807, 2.05) is 0 Å². The van der Waals surface area contributed by atoms with Crippen LogP contribution in [0.15, 0.2) is 54.1 Å². The van der Waals surface area contributed by atoms with Crippen molar-refractivity contribution in [1.29, 1.82) is 0 Å². The van der Waals surface area contributed by atoms with Crippen molar-refractivity contribution in [1.82, 2.24) is 4.90 Å². The van der Waals surface area contributed by atoms with Crippen LogP contribution in [0, 0.1) is 15.9 Å². The number of amides is 1. The highest BCUT2D eigenvalue weighted by atomic mass is 19.1. The third kappa shape index (κ3) is 4.60. The quantitative estimate of drug-likeness (QED) is 0.164. The van der Waals surface area contributed by atoms with Crippen LogP contribution < -0.4 is 0 Å². The zero-order valence-electron chi connectivity index (χ0n) is 16.2. The van der Waals surface area contributed by atoms with Crippen molar-refractivity contribution < 1.29 is 33.9 Å². The molecule has 0 bridgehead atoms. The van der Waals surface area contributed by atoms with Gasteiger partial charge in [-0.2, -0.15) is 0 Å². The van der Waals surface area contributed by atoms with Crippen molar-refractivity contribution in [2.24, 2.45) is 0 Å². The fourth-order valence-electron chi connectivity index (χ4n) is 3.33. The van der Waals surface area contributed by atoms with Crippen LogP contribution in [0.4, 0.5) is 10.1 Å². The van der Waals surface area contributed by atoms with E-state index < -0.39 is 34.2 Å². The number of carbonyl (C=O) groups is 2. The molecule has 1 aliphatic heterocycles. The summed E-state index contributed by atoms with van der Waals surface area (Å²) in [6.07, 6.45) is 0. The van der Waals surface area contributed by atoms with Crippen LogP contribution in [0.3, 0.4) is 0 Å². The number of aliphatic hydroxyl groups is 2. The minimum Gasteiger partial charge on any atom is -0.507 e. The van der Waals surface area contributed by atoms with Gasteiger partial charge in [0.2, 0.25) is 0 Å². The summed E-state index contributed by atoms with van der Waals surface area (Å²) < 4.78 is 18.6. The number of Topliss-reactive ketones (excluding diaryl/α,β-unsaturated/α-hetero) is 1. The van der Waals surface area contributed by atoms with Crippen molar-refractivity contribution in [3.8, 4) is 0 Å². The molecule has 1 fully saturated rings. The van der Waals surface area contributed by atoms with E-state index in [4.69, 9.17) is 9.84 Å². The molecule has 0 unspecified atom stereocenters. The Morgan fingerprint density at radius 3 is 2.32 bits per heavy atom. The lowest BCUT2D eigenvalue weighted by atomic mass is 9.95. The van der Waals surface area contributed by atoms with Gasteiger partial charge >= 0.3 is 0 Å². The first-order chi connectivity index (χ1) is 14.8. The van der Waals surface area contributed by atoms with Crippen LogP contribution in [0.2, 0.25) is 0 Å². The average molecular weight is 430 g/mol. The zero-order valence-corrected chi connectivity index (χ0v) is 16.2.